The second-order valence-corrected chi connectivity index (χ2v) is 10.6. The van der Waals surface area contributed by atoms with Crippen LogP contribution in [0.3, 0.4) is 0 Å². The standard InChI is InChI=1S/C21H20ClF4N5O3S2/c1-27-12-4-5-31(9-12)18-6-13(34-21(24,25)26)2-3-16(18)29-17-8-15(23)19(7-14(17)22)36(32,33)30-20-10-35-11-28-20/h2-3,6-8,10-12,27,29-30H,4-5,9H2,1H3. The molecule has 1 fully saturated rings. The van der Waals surface area contributed by atoms with Crippen LogP contribution in [0.25, 0.3) is 0 Å². The van der Waals surface area contributed by atoms with E-state index in [0.29, 0.717) is 24.5 Å². The van der Waals surface area contributed by atoms with Gasteiger partial charge in [-0.3, -0.25) is 4.72 Å². The molecular formula is C21H20ClF4N5O3S2. The number of thiazole rings is 1. The second kappa shape index (κ2) is 10.3. The summed E-state index contributed by atoms with van der Waals surface area (Å²) in [7, 11) is -2.52. The molecule has 8 nitrogen and oxygen atoms in total. The number of nitrogens with zero attached hydrogens (tertiary/aromatic N) is 2. The predicted octanol–water partition coefficient (Wildman–Crippen LogP) is 5.18. The number of likely N-dealkylation sites (N-methyl/N-ethyl adjacent to an activating group) is 1. The van der Waals surface area contributed by atoms with Gasteiger partial charge in [0.05, 0.1) is 27.6 Å². The lowest BCUT2D eigenvalue weighted by molar-refractivity contribution is -0.274. The molecule has 15 heteroatoms. The van der Waals surface area contributed by atoms with Gasteiger partial charge in [0.2, 0.25) is 0 Å². The molecular weight excluding hydrogens is 546 g/mol. The van der Waals surface area contributed by atoms with Crippen molar-refractivity contribution in [2.24, 2.45) is 0 Å². The molecule has 2 aromatic carbocycles. The van der Waals surface area contributed by atoms with E-state index < -0.39 is 32.8 Å². The zero-order valence-electron chi connectivity index (χ0n) is 18.6. The van der Waals surface area contributed by atoms with E-state index in [9.17, 15) is 26.0 Å². The van der Waals surface area contributed by atoms with Crippen LogP contribution in [-0.2, 0) is 10.0 Å². The van der Waals surface area contributed by atoms with Crippen LogP contribution >= 0.6 is 22.9 Å². The average Bonchev–Trinajstić information content (AvgIpc) is 3.47. The molecule has 0 bridgehead atoms. The fourth-order valence-corrected chi connectivity index (χ4v) is 5.64. The van der Waals surface area contributed by atoms with Crippen molar-refractivity contribution in [2.45, 2.75) is 23.7 Å². The molecule has 3 N–H and O–H groups in total. The maximum absolute atomic E-state index is 14.9. The van der Waals surface area contributed by atoms with Gasteiger partial charge in [-0.1, -0.05) is 11.6 Å². The molecule has 1 aliphatic heterocycles. The maximum Gasteiger partial charge on any atom is 0.573 e. The number of nitrogens with one attached hydrogen (secondary N) is 3. The smallest absolute Gasteiger partial charge is 0.406 e. The summed E-state index contributed by atoms with van der Waals surface area (Å²) in [5, 5.41) is 7.36. The highest BCUT2D eigenvalue weighted by molar-refractivity contribution is 7.92. The van der Waals surface area contributed by atoms with E-state index in [2.05, 4.69) is 25.1 Å². The first-order chi connectivity index (χ1) is 16.9. The van der Waals surface area contributed by atoms with E-state index in [1.54, 1.807) is 7.05 Å². The molecule has 1 aliphatic rings. The quantitative estimate of drug-likeness (QED) is 0.324. The van der Waals surface area contributed by atoms with Gasteiger partial charge in [0.1, 0.15) is 16.5 Å². The van der Waals surface area contributed by atoms with Gasteiger partial charge in [0.25, 0.3) is 10.0 Å². The van der Waals surface area contributed by atoms with Gasteiger partial charge < -0.3 is 20.3 Å². The number of alkyl halides is 3. The SMILES string of the molecule is CNC1CCN(c2cc(OC(F)(F)F)ccc2Nc2cc(F)c(S(=O)(=O)Nc3cscn3)cc2Cl)C1. The van der Waals surface area contributed by atoms with E-state index >= 15 is 0 Å². The van der Waals surface area contributed by atoms with E-state index in [-0.39, 0.29) is 22.6 Å². The Kier molecular flexibility index (Phi) is 7.50. The van der Waals surface area contributed by atoms with Crippen LogP contribution in [-0.4, -0.2) is 45.9 Å². The first-order valence-corrected chi connectivity index (χ1v) is 13.2. The van der Waals surface area contributed by atoms with Crippen LogP contribution in [0.1, 0.15) is 6.42 Å². The Morgan fingerprint density at radius 2 is 2.00 bits per heavy atom. The van der Waals surface area contributed by atoms with Crippen LogP contribution in [0.4, 0.5) is 40.4 Å². The molecule has 1 atom stereocenters. The largest absolute Gasteiger partial charge is 0.573 e. The Hall–Kier alpha value is -2.81. The highest BCUT2D eigenvalue weighted by Gasteiger charge is 2.32. The second-order valence-electron chi connectivity index (χ2n) is 7.81. The minimum atomic E-state index is -4.87. The van der Waals surface area contributed by atoms with Crippen molar-refractivity contribution in [1.29, 1.82) is 0 Å². The predicted molar refractivity (Wildman–Crippen MR) is 130 cm³/mol. The number of halogens is 5. The highest BCUT2D eigenvalue weighted by atomic mass is 35.5. The van der Waals surface area contributed by atoms with Gasteiger partial charge in [-0.05, 0) is 31.7 Å². The third-order valence-electron chi connectivity index (χ3n) is 5.39. The summed E-state index contributed by atoms with van der Waals surface area (Å²) in [5.74, 6) is -1.46. The number of ether oxygens (including phenoxy) is 1. The van der Waals surface area contributed by atoms with Crippen molar-refractivity contribution >= 4 is 55.8 Å². The molecule has 194 valence electrons. The Balaban J connectivity index is 1.65. The lowest BCUT2D eigenvalue weighted by Gasteiger charge is -2.24. The molecule has 0 radical (unpaired) electrons. The van der Waals surface area contributed by atoms with Crippen LogP contribution in [0.2, 0.25) is 5.02 Å². The summed E-state index contributed by atoms with van der Waals surface area (Å²) >= 11 is 7.44. The van der Waals surface area contributed by atoms with Crippen LogP contribution < -0.4 is 25.0 Å². The van der Waals surface area contributed by atoms with Crippen molar-refractivity contribution in [3.05, 3.63) is 52.1 Å². The number of benzene rings is 2. The highest BCUT2D eigenvalue weighted by Crippen LogP contribution is 2.38. The third kappa shape index (κ3) is 6.11. The van der Waals surface area contributed by atoms with Crippen LogP contribution in [0.15, 0.2) is 46.1 Å². The summed E-state index contributed by atoms with van der Waals surface area (Å²) in [6.45, 7) is 1.07. The third-order valence-corrected chi connectivity index (χ3v) is 7.66. The lowest BCUT2D eigenvalue weighted by Crippen LogP contribution is -2.29. The fraction of sp³-hybridized carbons (Fsp3) is 0.286. The number of rotatable bonds is 8. The summed E-state index contributed by atoms with van der Waals surface area (Å²) < 4.78 is 84.7. The lowest BCUT2D eigenvalue weighted by atomic mass is 10.2. The molecule has 1 saturated heterocycles. The Bertz CT molecular complexity index is 1340. The molecule has 1 unspecified atom stereocenters. The molecule has 3 aromatic rings. The monoisotopic (exact) mass is 565 g/mol. The van der Waals surface area contributed by atoms with Crippen molar-refractivity contribution in [3.8, 4) is 5.75 Å². The minimum absolute atomic E-state index is 0.0249. The average molecular weight is 566 g/mol. The van der Waals surface area contributed by atoms with Crippen molar-refractivity contribution in [3.63, 3.8) is 0 Å². The summed E-state index contributed by atoms with van der Waals surface area (Å²) in [6.07, 6.45) is -4.11. The Morgan fingerprint density at radius 1 is 1.22 bits per heavy atom. The summed E-state index contributed by atoms with van der Waals surface area (Å²) in [6, 6.07) is 5.68. The van der Waals surface area contributed by atoms with Gasteiger partial charge >= 0.3 is 6.36 Å². The molecule has 4 rings (SSSR count). The Morgan fingerprint density at radius 3 is 2.64 bits per heavy atom. The molecule has 0 saturated carbocycles. The van der Waals surface area contributed by atoms with Gasteiger partial charge in [-0.25, -0.2) is 17.8 Å². The number of anilines is 4. The van der Waals surface area contributed by atoms with Gasteiger partial charge in [0.15, 0.2) is 5.82 Å². The number of hydrogen-bond acceptors (Lipinski definition) is 8. The summed E-state index contributed by atoms with van der Waals surface area (Å²) in [4.78, 5) is 4.98. The number of sulfonamides is 1. The number of hydrogen-bond donors (Lipinski definition) is 3. The molecule has 36 heavy (non-hydrogen) atoms. The Labute approximate surface area is 213 Å². The van der Waals surface area contributed by atoms with E-state index in [4.69, 9.17) is 11.6 Å². The summed E-state index contributed by atoms with van der Waals surface area (Å²) in [5.41, 5.74) is 2.15. The zero-order valence-corrected chi connectivity index (χ0v) is 21.0. The van der Waals surface area contributed by atoms with Crippen LogP contribution in [0, 0.1) is 5.82 Å². The number of aromatic nitrogens is 1. The topological polar surface area (TPSA) is 95.6 Å². The van der Waals surface area contributed by atoms with Gasteiger partial charge in [-0.2, -0.15) is 0 Å². The van der Waals surface area contributed by atoms with Crippen molar-refractivity contribution in [1.82, 2.24) is 10.3 Å². The van der Waals surface area contributed by atoms with Crippen molar-refractivity contribution in [2.75, 3.05) is 35.1 Å². The van der Waals surface area contributed by atoms with E-state index in [1.807, 2.05) is 4.90 Å². The van der Waals surface area contributed by atoms with E-state index in [1.165, 1.54) is 23.0 Å². The molecule has 0 aliphatic carbocycles. The normalized spacial score (nSPS) is 16.3. The molecule has 1 aromatic heterocycles. The minimum Gasteiger partial charge on any atom is -0.406 e. The maximum atomic E-state index is 14.9. The van der Waals surface area contributed by atoms with E-state index in [0.717, 1.165) is 36.0 Å². The van der Waals surface area contributed by atoms with Gasteiger partial charge in [0, 0.05) is 36.6 Å². The van der Waals surface area contributed by atoms with Gasteiger partial charge in [-0.15, -0.1) is 24.5 Å². The zero-order chi connectivity index (χ0) is 26.1. The first kappa shape index (κ1) is 26.3. The first-order valence-electron chi connectivity index (χ1n) is 10.4. The fourth-order valence-electron chi connectivity index (χ4n) is 3.72. The molecule has 0 spiro atoms. The van der Waals surface area contributed by atoms with Crippen LogP contribution in [0.5, 0.6) is 5.75 Å². The van der Waals surface area contributed by atoms with Crippen molar-refractivity contribution < 1.29 is 30.7 Å². The molecule has 2 heterocycles. The molecule has 0 amide bonds.